The average Bonchev–Trinajstić information content (AvgIpc) is 1.85. The third kappa shape index (κ3) is 24000. The van der Waals surface area contributed by atoms with Crippen LogP contribution in [0.2, 0.25) is 0 Å². The molecule has 0 fully saturated rings. The van der Waals surface area contributed by atoms with Crippen LogP contribution in [0.1, 0.15) is 13.8 Å². The maximum atomic E-state index is 7.57. The molecule has 0 atom stereocenters. The molecule has 15 heavy (non-hydrogen) atoms. The van der Waals surface area contributed by atoms with E-state index in [2.05, 4.69) is 35.9 Å². The Hall–Kier alpha value is 0.300. The summed E-state index contributed by atoms with van der Waals surface area (Å²) in [4.78, 5) is 0. The Kier molecular flexibility index (Phi) is 72.2. The van der Waals surface area contributed by atoms with Gasteiger partial charge in [0.15, 0.2) is 0 Å². The van der Waals surface area contributed by atoms with Gasteiger partial charge in [0.25, 0.3) is 10.3 Å². The molecule has 0 bridgehead atoms. The summed E-state index contributed by atoms with van der Waals surface area (Å²) in [5.74, 6) is 0. The SMILES string of the molecule is CCO.CCO.NC(O)=S.NC(O)=S.[NaH]. The van der Waals surface area contributed by atoms with Gasteiger partial charge in [-0.05, 0) is 38.3 Å². The van der Waals surface area contributed by atoms with Crippen molar-refractivity contribution in [2.24, 2.45) is 11.5 Å². The molecule has 8 N–H and O–H groups in total. The second-order valence-electron chi connectivity index (χ2n) is 1.31. The van der Waals surface area contributed by atoms with E-state index in [-0.39, 0.29) is 42.8 Å². The monoisotopic (exact) mass is 270 g/mol. The zero-order valence-corrected chi connectivity index (χ0v) is 9.81. The van der Waals surface area contributed by atoms with Gasteiger partial charge in [0.1, 0.15) is 0 Å². The predicted octanol–water partition coefficient (Wildman–Crippen LogP) is -1.08. The number of aliphatic hydroxyl groups excluding tert-OH is 4. The van der Waals surface area contributed by atoms with Crippen molar-refractivity contribution in [1.82, 2.24) is 0 Å². The molecule has 90 valence electrons. The molecule has 0 aliphatic rings. The van der Waals surface area contributed by atoms with Crippen molar-refractivity contribution in [3.8, 4) is 0 Å². The first-order valence-electron chi connectivity index (χ1n) is 3.48. The fourth-order valence-corrected chi connectivity index (χ4v) is 0. The first-order valence-corrected chi connectivity index (χ1v) is 4.30. The molecule has 0 saturated carbocycles. The molecule has 0 spiro atoms. The summed E-state index contributed by atoms with van der Waals surface area (Å²) < 4.78 is 0. The van der Waals surface area contributed by atoms with Crippen LogP contribution in [0, 0.1) is 0 Å². The molecule has 0 heterocycles. The first-order chi connectivity index (χ1) is 6.29. The van der Waals surface area contributed by atoms with Crippen LogP contribution in [0.5, 0.6) is 0 Å². The fourth-order valence-electron chi connectivity index (χ4n) is 0. The molecule has 6 nitrogen and oxygen atoms in total. The predicted molar refractivity (Wildman–Crippen MR) is 71.5 cm³/mol. The minimum absolute atomic E-state index is 0. The van der Waals surface area contributed by atoms with Gasteiger partial charge in [-0.3, -0.25) is 0 Å². The molecule has 0 aliphatic carbocycles. The number of hydrogen-bond donors (Lipinski definition) is 6. The third-order valence-electron chi connectivity index (χ3n) is 0. The van der Waals surface area contributed by atoms with Crippen molar-refractivity contribution in [2.45, 2.75) is 13.8 Å². The van der Waals surface area contributed by atoms with Crippen molar-refractivity contribution >= 4 is 64.3 Å². The molecule has 0 unspecified atom stereocenters. The summed E-state index contributed by atoms with van der Waals surface area (Å²) >= 11 is 7.74. The van der Waals surface area contributed by atoms with E-state index in [1.807, 2.05) is 0 Å². The Morgan fingerprint density at radius 1 is 0.933 bits per heavy atom. The Balaban J connectivity index is -0.0000000293. The van der Waals surface area contributed by atoms with E-state index in [9.17, 15) is 0 Å². The number of thiocarbonyl (C=S) groups is 2. The van der Waals surface area contributed by atoms with Gasteiger partial charge >= 0.3 is 29.6 Å². The van der Waals surface area contributed by atoms with Crippen LogP contribution < -0.4 is 11.5 Å². The van der Waals surface area contributed by atoms with Gasteiger partial charge in [-0.15, -0.1) is 0 Å². The number of hydrogen-bond acceptors (Lipinski definition) is 4. The van der Waals surface area contributed by atoms with E-state index in [1.54, 1.807) is 13.8 Å². The number of aliphatic hydroxyl groups is 4. The number of nitrogens with two attached hydrogens (primary N) is 2. The summed E-state index contributed by atoms with van der Waals surface area (Å²) in [6.07, 6.45) is 0. The Morgan fingerprint density at radius 2 is 0.933 bits per heavy atom. The van der Waals surface area contributed by atoms with E-state index in [4.69, 9.17) is 20.4 Å². The molecule has 0 aromatic heterocycles. The average molecular weight is 270 g/mol. The molecule has 0 aromatic carbocycles. The summed E-state index contributed by atoms with van der Waals surface area (Å²) in [6.45, 7) is 3.86. The van der Waals surface area contributed by atoms with Gasteiger partial charge in [-0.2, -0.15) is 0 Å². The molecule has 0 aromatic rings. The summed E-state index contributed by atoms with van der Waals surface area (Å²) in [6, 6.07) is 0. The molecular formula is C6H19N2NaO4S2. The van der Waals surface area contributed by atoms with E-state index in [1.165, 1.54) is 0 Å². The Morgan fingerprint density at radius 3 is 0.933 bits per heavy atom. The molecule has 0 aliphatic heterocycles. The normalized spacial score (nSPS) is 5.60. The van der Waals surface area contributed by atoms with Crippen LogP contribution in [0.25, 0.3) is 0 Å². The van der Waals surface area contributed by atoms with Crippen LogP contribution in [-0.2, 0) is 0 Å². The quantitative estimate of drug-likeness (QED) is 0.242. The van der Waals surface area contributed by atoms with Crippen molar-refractivity contribution in [3.63, 3.8) is 0 Å². The van der Waals surface area contributed by atoms with Gasteiger partial charge in [0.05, 0.1) is 0 Å². The van der Waals surface area contributed by atoms with Crippen molar-refractivity contribution in [1.29, 1.82) is 0 Å². The zero-order valence-electron chi connectivity index (χ0n) is 8.17. The van der Waals surface area contributed by atoms with Gasteiger partial charge in [-0.25, -0.2) is 0 Å². The minimum atomic E-state index is -0.500. The van der Waals surface area contributed by atoms with Crippen LogP contribution in [-0.4, -0.2) is 73.5 Å². The van der Waals surface area contributed by atoms with E-state index < -0.39 is 10.3 Å². The van der Waals surface area contributed by atoms with Gasteiger partial charge in [0, 0.05) is 13.2 Å². The standard InChI is InChI=1S/2C2H6O.2CH3NOS.Na.H/c2*1-2-3;2*2-1(3)4;;/h2*3H,2H2,1H3;2*(H3,2,3,4);;. The van der Waals surface area contributed by atoms with Crippen molar-refractivity contribution < 1.29 is 20.4 Å². The van der Waals surface area contributed by atoms with E-state index >= 15 is 0 Å². The van der Waals surface area contributed by atoms with E-state index in [0.29, 0.717) is 0 Å². The van der Waals surface area contributed by atoms with Gasteiger partial charge < -0.3 is 31.9 Å². The first kappa shape index (κ1) is 29.5. The molecule has 0 rings (SSSR count). The van der Waals surface area contributed by atoms with Crippen LogP contribution in [0.3, 0.4) is 0 Å². The second kappa shape index (κ2) is 36.7. The molecule has 0 saturated heterocycles. The Labute approximate surface area is 123 Å². The third-order valence-corrected chi connectivity index (χ3v) is 0. The summed E-state index contributed by atoms with van der Waals surface area (Å²) in [5, 5.41) is 29.3. The van der Waals surface area contributed by atoms with Crippen molar-refractivity contribution in [3.05, 3.63) is 0 Å². The molecule has 9 heteroatoms. The van der Waals surface area contributed by atoms with Gasteiger partial charge in [-0.1, -0.05) is 0 Å². The van der Waals surface area contributed by atoms with Crippen molar-refractivity contribution in [2.75, 3.05) is 13.2 Å². The topological polar surface area (TPSA) is 133 Å². The van der Waals surface area contributed by atoms with Gasteiger partial charge in [0.2, 0.25) is 0 Å². The van der Waals surface area contributed by atoms with Crippen LogP contribution in [0.15, 0.2) is 0 Å². The molecule has 0 amide bonds. The van der Waals surface area contributed by atoms with Crippen LogP contribution >= 0.6 is 24.4 Å². The number of rotatable bonds is 0. The van der Waals surface area contributed by atoms with Crippen LogP contribution in [0.4, 0.5) is 0 Å². The summed E-state index contributed by atoms with van der Waals surface area (Å²) in [5.41, 5.74) is 8.80. The second-order valence-corrected chi connectivity index (χ2v) is 2.15. The molecular weight excluding hydrogens is 251 g/mol. The maximum absolute atomic E-state index is 7.57. The fraction of sp³-hybridized carbons (Fsp3) is 0.667. The zero-order chi connectivity index (χ0) is 12.6. The van der Waals surface area contributed by atoms with E-state index in [0.717, 1.165) is 0 Å². The summed E-state index contributed by atoms with van der Waals surface area (Å²) in [7, 11) is 0. The molecule has 0 radical (unpaired) electrons. The Bertz CT molecular complexity index is 108.